The van der Waals surface area contributed by atoms with Crippen LogP contribution in [0.2, 0.25) is 0 Å². The van der Waals surface area contributed by atoms with Crippen LogP contribution in [0.5, 0.6) is 11.6 Å². The number of halogens is 1. The van der Waals surface area contributed by atoms with E-state index in [-0.39, 0.29) is 12.1 Å². The van der Waals surface area contributed by atoms with Gasteiger partial charge in [-0.05, 0) is 43.2 Å². The Morgan fingerprint density at radius 1 is 1.04 bits per heavy atom. The fourth-order valence-corrected chi connectivity index (χ4v) is 2.62. The molecule has 0 aliphatic carbocycles. The molecule has 0 unspecified atom stereocenters. The second-order valence-electron chi connectivity index (χ2n) is 5.95. The number of aromatic nitrogens is 1. The van der Waals surface area contributed by atoms with Crippen LogP contribution in [-0.2, 0) is 6.54 Å². The fourth-order valence-electron chi connectivity index (χ4n) is 2.62. The highest BCUT2D eigenvalue weighted by Gasteiger charge is 2.13. The van der Waals surface area contributed by atoms with Crippen molar-refractivity contribution in [2.45, 2.75) is 20.4 Å². The fraction of sp³-hybridized carbons (Fsp3) is 0.143. The molecule has 132 valence electrons. The number of carbonyl (C=O) groups excluding carboxylic acids is 1. The van der Waals surface area contributed by atoms with Gasteiger partial charge in [-0.2, -0.15) is 0 Å². The SMILES string of the molecule is Cc1cccc(C)c1Oc1ncccc1CNC(=O)c1ccccc1F. The predicted octanol–water partition coefficient (Wildman–Crippen LogP) is 4.56. The molecule has 1 N–H and O–H groups in total. The third-order valence-corrected chi connectivity index (χ3v) is 4.02. The number of hydrogen-bond donors (Lipinski definition) is 1. The molecule has 1 aromatic heterocycles. The molecule has 0 saturated heterocycles. The van der Waals surface area contributed by atoms with Gasteiger partial charge in [-0.25, -0.2) is 9.37 Å². The number of aryl methyl sites for hydroxylation is 2. The first-order valence-corrected chi connectivity index (χ1v) is 8.27. The quantitative estimate of drug-likeness (QED) is 0.734. The molecule has 0 fully saturated rings. The van der Waals surface area contributed by atoms with E-state index in [9.17, 15) is 9.18 Å². The molecular formula is C21H19FN2O2. The van der Waals surface area contributed by atoms with Crippen LogP contribution >= 0.6 is 0 Å². The lowest BCUT2D eigenvalue weighted by molar-refractivity contribution is 0.0946. The second-order valence-corrected chi connectivity index (χ2v) is 5.95. The van der Waals surface area contributed by atoms with E-state index in [4.69, 9.17) is 4.74 Å². The molecule has 0 atom stereocenters. The number of para-hydroxylation sites is 1. The zero-order chi connectivity index (χ0) is 18.5. The van der Waals surface area contributed by atoms with Gasteiger partial charge < -0.3 is 10.1 Å². The van der Waals surface area contributed by atoms with Crippen molar-refractivity contribution in [2.24, 2.45) is 0 Å². The summed E-state index contributed by atoms with van der Waals surface area (Å²) in [6.45, 7) is 4.11. The van der Waals surface area contributed by atoms with Crippen molar-refractivity contribution >= 4 is 5.91 Å². The van der Waals surface area contributed by atoms with Gasteiger partial charge in [0.1, 0.15) is 11.6 Å². The molecule has 1 amide bonds. The number of amides is 1. The van der Waals surface area contributed by atoms with E-state index in [0.717, 1.165) is 16.9 Å². The van der Waals surface area contributed by atoms with Crippen LogP contribution in [0.3, 0.4) is 0 Å². The molecule has 2 aromatic carbocycles. The maximum atomic E-state index is 13.7. The third kappa shape index (κ3) is 3.88. The minimum atomic E-state index is -0.553. The first-order valence-electron chi connectivity index (χ1n) is 8.27. The average Bonchev–Trinajstić information content (AvgIpc) is 2.64. The smallest absolute Gasteiger partial charge is 0.254 e. The van der Waals surface area contributed by atoms with Crippen molar-refractivity contribution in [3.05, 3.63) is 88.9 Å². The van der Waals surface area contributed by atoms with E-state index in [1.165, 1.54) is 12.1 Å². The summed E-state index contributed by atoms with van der Waals surface area (Å²) < 4.78 is 19.7. The molecule has 3 aromatic rings. The summed E-state index contributed by atoms with van der Waals surface area (Å²) in [6.07, 6.45) is 1.63. The van der Waals surface area contributed by atoms with E-state index >= 15 is 0 Å². The van der Waals surface area contributed by atoms with Gasteiger partial charge in [-0.15, -0.1) is 0 Å². The molecule has 0 saturated carbocycles. The van der Waals surface area contributed by atoms with Crippen LogP contribution < -0.4 is 10.1 Å². The Hall–Kier alpha value is -3.21. The zero-order valence-corrected chi connectivity index (χ0v) is 14.6. The highest BCUT2D eigenvalue weighted by molar-refractivity contribution is 5.94. The molecule has 0 aliphatic heterocycles. The Morgan fingerprint density at radius 3 is 2.50 bits per heavy atom. The van der Waals surface area contributed by atoms with Crippen molar-refractivity contribution in [3.8, 4) is 11.6 Å². The van der Waals surface area contributed by atoms with Crippen LogP contribution in [0.1, 0.15) is 27.0 Å². The molecule has 0 radical (unpaired) electrons. The zero-order valence-electron chi connectivity index (χ0n) is 14.6. The van der Waals surface area contributed by atoms with E-state index in [1.54, 1.807) is 24.4 Å². The lowest BCUT2D eigenvalue weighted by atomic mass is 10.1. The number of hydrogen-bond acceptors (Lipinski definition) is 3. The number of nitrogens with one attached hydrogen (secondary N) is 1. The number of benzene rings is 2. The topological polar surface area (TPSA) is 51.2 Å². The van der Waals surface area contributed by atoms with Gasteiger partial charge in [0.25, 0.3) is 5.91 Å². The van der Waals surface area contributed by atoms with Crippen LogP contribution in [-0.4, -0.2) is 10.9 Å². The number of rotatable bonds is 5. The molecule has 4 nitrogen and oxygen atoms in total. The maximum Gasteiger partial charge on any atom is 0.254 e. The number of carbonyl (C=O) groups is 1. The largest absolute Gasteiger partial charge is 0.438 e. The van der Waals surface area contributed by atoms with Gasteiger partial charge >= 0.3 is 0 Å². The normalized spacial score (nSPS) is 10.4. The molecule has 3 rings (SSSR count). The highest BCUT2D eigenvalue weighted by Crippen LogP contribution is 2.29. The first kappa shape index (κ1) is 17.6. The first-order chi connectivity index (χ1) is 12.6. The predicted molar refractivity (Wildman–Crippen MR) is 97.8 cm³/mol. The molecule has 26 heavy (non-hydrogen) atoms. The van der Waals surface area contributed by atoms with Crippen molar-refractivity contribution in [1.82, 2.24) is 10.3 Å². The summed E-state index contributed by atoms with van der Waals surface area (Å²) in [5, 5.41) is 2.71. The molecule has 5 heteroatoms. The lowest BCUT2D eigenvalue weighted by Gasteiger charge is -2.14. The van der Waals surface area contributed by atoms with Gasteiger partial charge in [0, 0.05) is 18.3 Å². The standard InChI is InChI=1S/C21H19FN2O2/c1-14-7-5-8-15(2)19(14)26-21-16(9-6-12-23-21)13-24-20(25)17-10-3-4-11-18(17)22/h3-12H,13H2,1-2H3,(H,24,25). The lowest BCUT2D eigenvalue weighted by Crippen LogP contribution is -2.24. The van der Waals surface area contributed by atoms with Gasteiger partial charge in [0.15, 0.2) is 0 Å². The third-order valence-electron chi connectivity index (χ3n) is 4.02. The number of nitrogens with zero attached hydrogens (tertiary/aromatic N) is 1. The average molecular weight is 350 g/mol. The van der Waals surface area contributed by atoms with Crippen LogP contribution in [0, 0.1) is 19.7 Å². The molecule has 1 heterocycles. The van der Waals surface area contributed by atoms with Crippen LogP contribution in [0.15, 0.2) is 60.8 Å². The Balaban J connectivity index is 1.78. The van der Waals surface area contributed by atoms with Crippen LogP contribution in [0.4, 0.5) is 4.39 Å². The van der Waals surface area contributed by atoms with Crippen molar-refractivity contribution < 1.29 is 13.9 Å². The van der Waals surface area contributed by atoms with E-state index in [2.05, 4.69) is 10.3 Å². The Labute approximate surface area is 151 Å². The molecular weight excluding hydrogens is 331 g/mol. The van der Waals surface area contributed by atoms with Crippen LogP contribution in [0.25, 0.3) is 0 Å². The summed E-state index contributed by atoms with van der Waals surface area (Å²) in [5.41, 5.74) is 2.71. The Bertz CT molecular complexity index is 921. The van der Waals surface area contributed by atoms with Gasteiger partial charge in [-0.1, -0.05) is 36.4 Å². The Morgan fingerprint density at radius 2 is 1.77 bits per heavy atom. The summed E-state index contributed by atoms with van der Waals surface area (Å²) >= 11 is 0. The molecule has 0 spiro atoms. The summed E-state index contributed by atoms with van der Waals surface area (Å²) in [4.78, 5) is 16.5. The highest BCUT2D eigenvalue weighted by atomic mass is 19.1. The van der Waals surface area contributed by atoms with Crippen molar-refractivity contribution in [3.63, 3.8) is 0 Å². The van der Waals surface area contributed by atoms with Crippen molar-refractivity contribution in [2.75, 3.05) is 0 Å². The van der Waals surface area contributed by atoms with E-state index < -0.39 is 11.7 Å². The molecule has 0 aliphatic rings. The monoisotopic (exact) mass is 350 g/mol. The van der Waals surface area contributed by atoms with Gasteiger partial charge in [0.2, 0.25) is 5.88 Å². The minimum Gasteiger partial charge on any atom is -0.438 e. The summed E-state index contributed by atoms with van der Waals surface area (Å²) in [5.74, 6) is 0.125. The van der Waals surface area contributed by atoms with Gasteiger partial charge in [-0.3, -0.25) is 4.79 Å². The van der Waals surface area contributed by atoms with E-state index in [1.807, 2.05) is 38.1 Å². The van der Waals surface area contributed by atoms with Crippen molar-refractivity contribution in [1.29, 1.82) is 0 Å². The number of ether oxygens (including phenoxy) is 1. The minimum absolute atomic E-state index is 0.00797. The van der Waals surface area contributed by atoms with Gasteiger partial charge in [0.05, 0.1) is 5.56 Å². The summed E-state index contributed by atoms with van der Waals surface area (Å²) in [7, 11) is 0. The maximum absolute atomic E-state index is 13.7. The second kappa shape index (κ2) is 7.78. The summed E-state index contributed by atoms with van der Waals surface area (Å²) in [6, 6.07) is 15.3. The van der Waals surface area contributed by atoms with E-state index in [0.29, 0.717) is 11.4 Å². The molecule has 0 bridgehead atoms. The Kier molecular flexibility index (Phi) is 5.27. The number of pyridine rings is 1.